The zero-order valence-corrected chi connectivity index (χ0v) is 22.4. The Bertz CT molecular complexity index is 1100. The van der Waals surface area contributed by atoms with Crippen molar-refractivity contribution in [3.63, 3.8) is 0 Å². The van der Waals surface area contributed by atoms with Crippen molar-refractivity contribution in [3.8, 4) is 5.75 Å². The quantitative estimate of drug-likeness (QED) is 0.421. The van der Waals surface area contributed by atoms with Crippen molar-refractivity contribution in [3.05, 3.63) is 41.5 Å². The number of likely N-dealkylation sites (tertiary alicyclic amines) is 1. The molecule has 0 bridgehead atoms. The number of rotatable bonds is 6. The number of carboxylic acids is 1. The third kappa shape index (κ3) is 6.24. The summed E-state index contributed by atoms with van der Waals surface area (Å²) in [5, 5.41) is 10.3. The molecule has 204 valence electrons. The zero-order valence-electron chi connectivity index (χ0n) is 22.4. The number of carbonyl (C=O) groups is 1. The molecule has 1 aliphatic heterocycles. The summed E-state index contributed by atoms with van der Waals surface area (Å²) in [6.07, 6.45) is 0.942. The van der Waals surface area contributed by atoms with Crippen LogP contribution in [0.15, 0.2) is 30.3 Å². The van der Waals surface area contributed by atoms with E-state index in [1.165, 1.54) is 12.1 Å². The lowest BCUT2D eigenvalue weighted by atomic mass is 9.72. The first-order valence-corrected chi connectivity index (χ1v) is 13.6. The Hall–Kier alpha value is -2.28. The molecular weight excluding hydrogens is 479 g/mol. The molecule has 4 rings (SSSR count). The predicted molar refractivity (Wildman–Crippen MR) is 140 cm³/mol. The van der Waals surface area contributed by atoms with Gasteiger partial charge in [0.15, 0.2) is 0 Å². The van der Waals surface area contributed by atoms with Gasteiger partial charge in [-0.2, -0.15) is 13.2 Å². The molecule has 0 aromatic heterocycles. The second-order valence-electron chi connectivity index (χ2n) is 12.0. The first-order chi connectivity index (χ1) is 17.4. The van der Waals surface area contributed by atoms with E-state index >= 15 is 0 Å². The van der Waals surface area contributed by atoms with Crippen LogP contribution in [0.3, 0.4) is 0 Å². The number of piperidine rings is 1. The summed E-state index contributed by atoms with van der Waals surface area (Å²) in [5.41, 5.74) is 0.315. The first kappa shape index (κ1) is 27.7. The lowest BCUT2D eigenvalue weighted by Gasteiger charge is -2.39. The van der Waals surface area contributed by atoms with Crippen LogP contribution in [-0.2, 0) is 17.5 Å². The number of alkyl halides is 3. The summed E-state index contributed by atoms with van der Waals surface area (Å²) in [5.74, 6) is -0.248. The molecule has 1 N–H and O–H groups in total. The minimum absolute atomic E-state index is 0.0611. The molecule has 37 heavy (non-hydrogen) atoms. The van der Waals surface area contributed by atoms with E-state index in [1.807, 2.05) is 6.92 Å². The number of aliphatic carboxylic acids is 1. The fourth-order valence-corrected chi connectivity index (χ4v) is 6.30. The van der Waals surface area contributed by atoms with E-state index in [2.05, 4.69) is 25.7 Å². The molecule has 0 radical (unpaired) electrons. The number of nitrogens with zero attached hydrogens (tertiary/aromatic N) is 1. The van der Waals surface area contributed by atoms with Crippen molar-refractivity contribution in [1.29, 1.82) is 0 Å². The molecule has 2 aromatic carbocycles. The Labute approximate surface area is 218 Å². The third-order valence-corrected chi connectivity index (χ3v) is 8.63. The SMILES string of the molecule is CCC1CC(C(=O)O)CCN1Cc1c(OC2CCC(C(C)(C)C)CC2)cc(C(F)(F)F)c2ccccc12. The van der Waals surface area contributed by atoms with Crippen molar-refractivity contribution in [2.24, 2.45) is 17.3 Å². The minimum atomic E-state index is -4.49. The molecule has 7 heteroatoms. The second-order valence-corrected chi connectivity index (χ2v) is 12.0. The van der Waals surface area contributed by atoms with Crippen LogP contribution in [0.4, 0.5) is 13.2 Å². The fourth-order valence-electron chi connectivity index (χ4n) is 6.30. The summed E-state index contributed by atoms with van der Waals surface area (Å²) in [7, 11) is 0. The molecule has 1 aliphatic carbocycles. The average molecular weight is 520 g/mol. The van der Waals surface area contributed by atoms with Crippen molar-refractivity contribution in [2.75, 3.05) is 6.54 Å². The number of carboxylic acid groups (broad SMARTS) is 1. The highest BCUT2D eigenvalue weighted by Gasteiger charge is 2.37. The molecule has 0 amide bonds. The Morgan fingerprint density at radius 1 is 1.05 bits per heavy atom. The standard InChI is InChI=1S/C30H40F3NO3/c1-5-21-16-19(28(35)36)14-15-34(21)18-25-23-8-6-7-9-24(23)26(30(31,32)33)17-27(25)37-22-12-10-20(11-13-22)29(2,3)4/h6-9,17,19-22H,5,10-16,18H2,1-4H3,(H,35,36). The van der Waals surface area contributed by atoms with Crippen LogP contribution in [0, 0.1) is 17.3 Å². The van der Waals surface area contributed by atoms with Crippen molar-refractivity contribution >= 4 is 16.7 Å². The average Bonchev–Trinajstić information content (AvgIpc) is 2.84. The van der Waals surface area contributed by atoms with Gasteiger partial charge >= 0.3 is 12.1 Å². The highest BCUT2D eigenvalue weighted by Crippen LogP contribution is 2.44. The van der Waals surface area contributed by atoms with Gasteiger partial charge in [0.2, 0.25) is 0 Å². The van der Waals surface area contributed by atoms with Crippen LogP contribution in [-0.4, -0.2) is 34.7 Å². The number of ether oxygens (including phenoxy) is 1. The van der Waals surface area contributed by atoms with Crippen LogP contribution >= 0.6 is 0 Å². The molecule has 2 aromatic rings. The highest BCUT2D eigenvalue weighted by molar-refractivity contribution is 5.91. The normalized spacial score (nSPS) is 25.8. The van der Waals surface area contributed by atoms with Crippen LogP contribution in [0.1, 0.15) is 83.8 Å². The minimum Gasteiger partial charge on any atom is -0.490 e. The van der Waals surface area contributed by atoms with Crippen molar-refractivity contribution in [1.82, 2.24) is 4.90 Å². The van der Waals surface area contributed by atoms with Crippen LogP contribution in [0.5, 0.6) is 5.75 Å². The van der Waals surface area contributed by atoms with Crippen LogP contribution in [0.2, 0.25) is 0 Å². The molecule has 0 spiro atoms. The molecular formula is C30H40F3NO3. The van der Waals surface area contributed by atoms with E-state index in [9.17, 15) is 23.1 Å². The summed E-state index contributed by atoms with van der Waals surface area (Å²) >= 11 is 0. The van der Waals surface area contributed by atoms with E-state index in [1.54, 1.807) is 18.2 Å². The van der Waals surface area contributed by atoms with Gasteiger partial charge in [-0.05, 0) is 79.7 Å². The second kappa shape index (κ2) is 10.8. The maximum Gasteiger partial charge on any atom is 0.417 e. The lowest BCUT2D eigenvalue weighted by molar-refractivity contribution is -0.144. The van der Waals surface area contributed by atoms with Gasteiger partial charge in [-0.1, -0.05) is 52.0 Å². The van der Waals surface area contributed by atoms with Gasteiger partial charge in [-0.15, -0.1) is 0 Å². The molecule has 2 fully saturated rings. The Morgan fingerprint density at radius 2 is 1.70 bits per heavy atom. The Morgan fingerprint density at radius 3 is 2.27 bits per heavy atom. The van der Waals surface area contributed by atoms with E-state index in [4.69, 9.17) is 4.74 Å². The van der Waals surface area contributed by atoms with Gasteiger partial charge in [0.1, 0.15) is 5.75 Å². The molecule has 2 atom stereocenters. The van der Waals surface area contributed by atoms with E-state index in [-0.39, 0.29) is 28.9 Å². The van der Waals surface area contributed by atoms with Crippen molar-refractivity contribution in [2.45, 2.75) is 97.5 Å². The van der Waals surface area contributed by atoms with E-state index < -0.39 is 17.7 Å². The molecule has 1 heterocycles. The smallest absolute Gasteiger partial charge is 0.417 e. The van der Waals surface area contributed by atoms with Gasteiger partial charge in [-0.3, -0.25) is 9.69 Å². The molecule has 4 nitrogen and oxygen atoms in total. The van der Waals surface area contributed by atoms with Crippen LogP contribution < -0.4 is 4.74 Å². The summed E-state index contributed by atoms with van der Waals surface area (Å²) in [6, 6.07) is 7.98. The number of benzene rings is 2. The topological polar surface area (TPSA) is 49.8 Å². The molecule has 2 unspecified atom stereocenters. The molecule has 2 aliphatic rings. The van der Waals surface area contributed by atoms with Gasteiger partial charge < -0.3 is 9.84 Å². The van der Waals surface area contributed by atoms with Gasteiger partial charge in [0.05, 0.1) is 17.6 Å². The highest BCUT2D eigenvalue weighted by atomic mass is 19.4. The number of hydrogen-bond donors (Lipinski definition) is 1. The number of hydrogen-bond acceptors (Lipinski definition) is 3. The van der Waals surface area contributed by atoms with Gasteiger partial charge in [0.25, 0.3) is 0 Å². The van der Waals surface area contributed by atoms with E-state index in [0.717, 1.165) is 37.7 Å². The summed E-state index contributed by atoms with van der Waals surface area (Å²) in [4.78, 5) is 13.8. The molecule has 1 saturated carbocycles. The molecule has 1 saturated heterocycles. The number of fused-ring (bicyclic) bond motifs is 1. The number of halogens is 3. The largest absolute Gasteiger partial charge is 0.490 e. The predicted octanol–water partition coefficient (Wildman–Crippen LogP) is 7.92. The van der Waals surface area contributed by atoms with Gasteiger partial charge in [-0.25, -0.2) is 0 Å². The lowest BCUT2D eigenvalue weighted by Crippen LogP contribution is -2.43. The van der Waals surface area contributed by atoms with Gasteiger partial charge in [0, 0.05) is 18.2 Å². The van der Waals surface area contributed by atoms with Crippen LogP contribution in [0.25, 0.3) is 10.8 Å². The first-order valence-electron chi connectivity index (χ1n) is 13.6. The third-order valence-electron chi connectivity index (χ3n) is 8.63. The van der Waals surface area contributed by atoms with Crippen molar-refractivity contribution < 1.29 is 27.8 Å². The summed E-state index contributed by atoms with van der Waals surface area (Å²) < 4.78 is 48.9. The Kier molecular flexibility index (Phi) is 8.13. The monoisotopic (exact) mass is 519 g/mol. The Balaban J connectivity index is 1.69. The van der Waals surface area contributed by atoms with E-state index in [0.29, 0.717) is 43.0 Å². The maximum atomic E-state index is 14.2. The maximum absolute atomic E-state index is 14.2. The fraction of sp³-hybridized carbons (Fsp3) is 0.633. The summed E-state index contributed by atoms with van der Waals surface area (Å²) in [6.45, 7) is 9.81. The zero-order chi connectivity index (χ0) is 27.0.